The lowest BCUT2D eigenvalue weighted by Gasteiger charge is -2.19. The summed E-state index contributed by atoms with van der Waals surface area (Å²) in [6.45, 7) is 3.21. The lowest BCUT2D eigenvalue weighted by atomic mass is 10.0. The molecule has 1 aliphatic rings. The standard InChI is InChI=1S/C16H18ClNO2S3/c1-12-4-2-3-5-13(12)14-8-9-18(10-11-21-14)23(19,20)16-7-6-15(17)22-16/h2-7,14H,8-11H2,1H3/t14-/m0/s1. The van der Waals surface area contributed by atoms with E-state index in [1.165, 1.54) is 11.1 Å². The Morgan fingerprint density at radius 1 is 1.17 bits per heavy atom. The molecule has 3 nitrogen and oxygen atoms in total. The molecule has 1 saturated heterocycles. The third-order valence-electron chi connectivity index (χ3n) is 3.98. The van der Waals surface area contributed by atoms with Crippen LogP contribution >= 0.6 is 34.7 Å². The second kappa shape index (κ2) is 7.15. The van der Waals surface area contributed by atoms with Crippen LogP contribution in [0.5, 0.6) is 0 Å². The van der Waals surface area contributed by atoms with Crippen LogP contribution in [0.3, 0.4) is 0 Å². The molecule has 0 N–H and O–H groups in total. The number of sulfonamides is 1. The van der Waals surface area contributed by atoms with E-state index in [1.54, 1.807) is 16.4 Å². The first-order valence-electron chi connectivity index (χ1n) is 7.41. The molecule has 1 aromatic heterocycles. The zero-order valence-electron chi connectivity index (χ0n) is 12.7. The van der Waals surface area contributed by atoms with Crippen LogP contribution in [0.4, 0.5) is 0 Å². The van der Waals surface area contributed by atoms with Crippen molar-refractivity contribution in [3.63, 3.8) is 0 Å². The van der Waals surface area contributed by atoms with Crippen molar-refractivity contribution in [1.82, 2.24) is 4.31 Å². The van der Waals surface area contributed by atoms with Crippen LogP contribution in [-0.4, -0.2) is 31.6 Å². The molecule has 2 heterocycles. The SMILES string of the molecule is Cc1ccccc1[C@@H]1CCN(S(=O)(=O)c2ccc(Cl)s2)CCS1. The summed E-state index contributed by atoms with van der Waals surface area (Å²) in [6, 6.07) is 11.6. The maximum absolute atomic E-state index is 12.7. The second-order valence-electron chi connectivity index (χ2n) is 5.47. The lowest BCUT2D eigenvalue weighted by molar-refractivity contribution is 0.429. The number of hydrogen-bond acceptors (Lipinski definition) is 4. The average molecular weight is 388 g/mol. The number of thiophene rings is 1. The van der Waals surface area contributed by atoms with Crippen molar-refractivity contribution < 1.29 is 8.42 Å². The van der Waals surface area contributed by atoms with Gasteiger partial charge in [-0.05, 0) is 36.6 Å². The van der Waals surface area contributed by atoms with Crippen LogP contribution in [0.2, 0.25) is 4.34 Å². The Morgan fingerprint density at radius 3 is 2.65 bits per heavy atom. The normalized spacial score (nSPS) is 20.3. The van der Waals surface area contributed by atoms with E-state index in [0.717, 1.165) is 23.5 Å². The molecule has 1 aromatic carbocycles. The van der Waals surface area contributed by atoms with Gasteiger partial charge in [-0.2, -0.15) is 16.1 Å². The number of aryl methyl sites for hydroxylation is 1. The molecule has 0 aliphatic carbocycles. The molecule has 1 atom stereocenters. The van der Waals surface area contributed by atoms with Gasteiger partial charge in [0.1, 0.15) is 4.21 Å². The molecule has 1 fully saturated rings. The highest BCUT2D eigenvalue weighted by Crippen LogP contribution is 2.37. The summed E-state index contributed by atoms with van der Waals surface area (Å²) < 4.78 is 27.9. The van der Waals surface area contributed by atoms with Gasteiger partial charge in [0.15, 0.2) is 0 Å². The molecule has 0 radical (unpaired) electrons. The van der Waals surface area contributed by atoms with E-state index in [4.69, 9.17) is 11.6 Å². The largest absolute Gasteiger partial charge is 0.252 e. The lowest BCUT2D eigenvalue weighted by Crippen LogP contribution is -2.32. The molecule has 0 amide bonds. The molecule has 7 heteroatoms. The van der Waals surface area contributed by atoms with Gasteiger partial charge in [0.05, 0.1) is 4.34 Å². The van der Waals surface area contributed by atoms with Gasteiger partial charge in [0.25, 0.3) is 10.0 Å². The summed E-state index contributed by atoms with van der Waals surface area (Å²) in [5.74, 6) is 0.803. The Balaban J connectivity index is 1.78. The first-order valence-corrected chi connectivity index (χ1v) is 11.1. The minimum Gasteiger partial charge on any atom is -0.206 e. The summed E-state index contributed by atoms with van der Waals surface area (Å²) >= 11 is 8.86. The molecule has 1 aliphatic heterocycles. The fourth-order valence-electron chi connectivity index (χ4n) is 2.75. The van der Waals surface area contributed by atoms with Crippen LogP contribution in [0.25, 0.3) is 0 Å². The molecular weight excluding hydrogens is 370 g/mol. The van der Waals surface area contributed by atoms with Crippen molar-refractivity contribution in [2.24, 2.45) is 0 Å². The van der Waals surface area contributed by atoms with Gasteiger partial charge in [-0.25, -0.2) is 8.42 Å². The van der Waals surface area contributed by atoms with Gasteiger partial charge >= 0.3 is 0 Å². The highest BCUT2D eigenvalue weighted by Gasteiger charge is 2.29. The minimum atomic E-state index is -3.43. The van der Waals surface area contributed by atoms with Gasteiger partial charge in [0.2, 0.25) is 0 Å². The molecule has 0 bridgehead atoms. The fraction of sp³-hybridized carbons (Fsp3) is 0.375. The summed E-state index contributed by atoms with van der Waals surface area (Å²) in [7, 11) is -3.43. The van der Waals surface area contributed by atoms with Gasteiger partial charge in [0, 0.05) is 24.1 Å². The number of thioether (sulfide) groups is 1. The Morgan fingerprint density at radius 2 is 1.96 bits per heavy atom. The quantitative estimate of drug-likeness (QED) is 0.773. The third kappa shape index (κ3) is 3.77. The highest BCUT2D eigenvalue weighted by atomic mass is 35.5. The van der Waals surface area contributed by atoms with Crippen molar-refractivity contribution in [1.29, 1.82) is 0 Å². The molecule has 23 heavy (non-hydrogen) atoms. The molecule has 0 unspecified atom stereocenters. The second-order valence-corrected chi connectivity index (χ2v) is 10.7. The van der Waals surface area contributed by atoms with Crippen molar-refractivity contribution in [3.8, 4) is 0 Å². The number of hydrogen-bond donors (Lipinski definition) is 0. The summed E-state index contributed by atoms with van der Waals surface area (Å²) in [6.07, 6.45) is 0.827. The number of nitrogens with zero attached hydrogens (tertiary/aromatic N) is 1. The summed E-state index contributed by atoms with van der Waals surface area (Å²) in [5, 5.41) is 0.350. The molecular formula is C16H18ClNO2S3. The van der Waals surface area contributed by atoms with E-state index in [9.17, 15) is 8.42 Å². The minimum absolute atomic E-state index is 0.335. The van der Waals surface area contributed by atoms with Gasteiger partial charge < -0.3 is 0 Å². The van der Waals surface area contributed by atoms with E-state index in [0.29, 0.717) is 26.9 Å². The maximum Gasteiger partial charge on any atom is 0.252 e. The summed E-state index contributed by atoms with van der Waals surface area (Å²) in [5.41, 5.74) is 2.59. The van der Waals surface area contributed by atoms with Crippen molar-refractivity contribution in [2.45, 2.75) is 22.8 Å². The van der Waals surface area contributed by atoms with Crippen molar-refractivity contribution in [3.05, 3.63) is 51.9 Å². The van der Waals surface area contributed by atoms with E-state index >= 15 is 0 Å². The van der Waals surface area contributed by atoms with E-state index in [1.807, 2.05) is 17.8 Å². The first-order chi connectivity index (χ1) is 11.0. The predicted molar refractivity (Wildman–Crippen MR) is 99.1 cm³/mol. The van der Waals surface area contributed by atoms with Crippen LogP contribution in [0.15, 0.2) is 40.6 Å². The topological polar surface area (TPSA) is 37.4 Å². The number of rotatable bonds is 3. The smallest absolute Gasteiger partial charge is 0.206 e. The van der Waals surface area contributed by atoms with Gasteiger partial charge in [-0.3, -0.25) is 0 Å². The van der Waals surface area contributed by atoms with Crippen LogP contribution in [0.1, 0.15) is 22.8 Å². The fourth-order valence-corrected chi connectivity index (χ4v) is 7.29. The van der Waals surface area contributed by atoms with E-state index in [2.05, 4.69) is 25.1 Å². The third-order valence-corrected chi connectivity index (χ3v) is 8.89. The van der Waals surface area contributed by atoms with E-state index in [-0.39, 0.29) is 0 Å². The number of benzene rings is 1. The monoisotopic (exact) mass is 387 g/mol. The van der Waals surface area contributed by atoms with Crippen LogP contribution in [-0.2, 0) is 10.0 Å². The first kappa shape index (κ1) is 17.3. The Hall–Kier alpha value is -0.530. The molecule has 2 aromatic rings. The summed E-state index contributed by atoms with van der Waals surface area (Å²) in [4.78, 5) is 0. The zero-order chi connectivity index (χ0) is 16.4. The highest BCUT2D eigenvalue weighted by molar-refractivity contribution is 7.99. The maximum atomic E-state index is 12.7. The molecule has 3 rings (SSSR count). The van der Waals surface area contributed by atoms with Crippen LogP contribution in [0, 0.1) is 6.92 Å². The average Bonchev–Trinajstić information content (AvgIpc) is 2.82. The number of halogens is 1. The van der Waals surface area contributed by atoms with Gasteiger partial charge in [-0.1, -0.05) is 35.9 Å². The van der Waals surface area contributed by atoms with E-state index < -0.39 is 10.0 Å². The van der Waals surface area contributed by atoms with Crippen molar-refractivity contribution in [2.75, 3.05) is 18.8 Å². The Labute approximate surface area is 150 Å². The molecule has 0 saturated carbocycles. The Bertz CT molecular complexity index is 788. The molecule has 0 spiro atoms. The van der Waals surface area contributed by atoms with Crippen LogP contribution < -0.4 is 0 Å². The Kier molecular flexibility index (Phi) is 5.38. The van der Waals surface area contributed by atoms with Gasteiger partial charge in [-0.15, -0.1) is 11.3 Å². The predicted octanol–water partition coefficient (Wildman–Crippen LogP) is 4.58. The molecule has 124 valence electrons. The van der Waals surface area contributed by atoms with Crippen molar-refractivity contribution >= 4 is 44.7 Å². The zero-order valence-corrected chi connectivity index (χ0v) is 15.9.